The average Bonchev–Trinajstić information content (AvgIpc) is 2.98. The van der Waals surface area contributed by atoms with E-state index in [1.54, 1.807) is 6.92 Å². The van der Waals surface area contributed by atoms with Gasteiger partial charge in [0.15, 0.2) is 0 Å². The first kappa shape index (κ1) is 16.4. The fourth-order valence-electron chi connectivity index (χ4n) is 2.06. The highest BCUT2D eigenvalue weighted by Gasteiger charge is 2.31. The van der Waals surface area contributed by atoms with E-state index in [2.05, 4.69) is 14.8 Å². The van der Waals surface area contributed by atoms with Crippen LogP contribution in [0.5, 0.6) is 0 Å². The van der Waals surface area contributed by atoms with Crippen LogP contribution in [0.3, 0.4) is 0 Å². The topological polar surface area (TPSA) is 90.9 Å². The van der Waals surface area contributed by atoms with E-state index in [1.807, 2.05) is 0 Å². The van der Waals surface area contributed by atoms with Gasteiger partial charge in [0.1, 0.15) is 12.1 Å². The maximum Gasteiger partial charge on any atom is 0.328 e. The molecule has 114 valence electrons. The Hall–Kier alpha value is -1.63. The third-order valence-electron chi connectivity index (χ3n) is 3.22. The molecule has 0 aromatic rings. The summed E-state index contributed by atoms with van der Waals surface area (Å²) >= 11 is 0. The minimum Gasteiger partial charge on any atom is -0.469 e. The molecule has 0 aromatic carbocycles. The normalized spacial score (nSPS) is 20.9. The lowest BCUT2D eigenvalue weighted by Gasteiger charge is -2.20. The van der Waals surface area contributed by atoms with E-state index in [4.69, 9.17) is 4.74 Å². The number of carbonyl (C=O) groups excluding carboxylic acids is 3. The van der Waals surface area contributed by atoms with Gasteiger partial charge in [-0.1, -0.05) is 6.92 Å². The molecule has 1 aliphatic heterocycles. The molecular weight excluding hydrogens is 266 g/mol. The molecule has 0 bridgehead atoms. The van der Waals surface area contributed by atoms with Crippen LogP contribution >= 0.6 is 0 Å². The Balaban J connectivity index is 2.61. The first-order chi connectivity index (χ1) is 9.49. The van der Waals surface area contributed by atoms with Crippen molar-refractivity contribution in [2.75, 3.05) is 20.8 Å². The predicted octanol–water partition coefficient (Wildman–Crippen LogP) is 0.0224. The largest absolute Gasteiger partial charge is 0.469 e. The zero-order chi connectivity index (χ0) is 15.1. The summed E-state index contributed by atoms with van der Waals surface area (Å²) in [5.74, 6) is -1.90. The van der Waals surface area contributed by atoms with Crippen molar-refractivity contribution in [2.24, 2.45) is 5.92 Å². The van der Waals surface area contributed by atoms with Gasteiger partial charge in [0, 0.05) is 6.61 Å². The van der Waals surface area contributed by atoms with Gasteiger partial charge in [0.05, 0.1) is 20.1 Å². The van der Waals surface area contributed by atoms with Crippen LogP contribution in [-0.2, 0) is 28.6 Å². The van der Waals surface area contributed by atoms with E-state index in [1.165, 1.54) is 14.2 Å². The van der Waals surface area contributed by atoms with Crippen LogP contribution in [0.4, 0.5) is 0 Å². The van der Waals surface area contributed by atoms with Gasteiger partial charge in [0.2, 0.25) is 5.91 Å². The highest BCUT2D eigenvalue weighted by Crippen LogP contribution is 2.14. The molecule has 1 heterocycles. The maximum absolute atomic E-state index is 11.9. The quantitative estimate of drug-likeness (QED) is 0.693. The molecular formula is C13H21NO6. The second-order valence-corrected chi connectivity index (χ2v) is 4.75. The zero-order valence-electron chi connectivity index (χ0n) is 12.0. The molecule has 0 aliphatic carbocycles. The van der Waals surface area contributed by atoms with Gasteiger partial charge in [-0.2, -0.15) is 0 Å². The monoisotopic (exact) mass is 287 g/mol. The van der Waals surface area contributed by atoms with E-state index in [0.717, 1.165) is 6.42 Å². The van der Waals surface area contributed by atoms with Crippen molar-refractivity contribution in [3.8, 4) is 0 Å². The Bertz CT molecular complexity index is 364. The molecule has 0 radical (unpaired) electrons. The molecule has 0 saturated carbocycles. The third kappa shape index (κ3) is 4.48. The molecule has 1 saturated heterocycles. The van der Waals surface area contributed by atoms with Crippen molar-refractivity contribution in [1.82, 2.24) is 5.32 Å². The van der Waals surface area contributed by atoms with E-state index in [0.29, 0.717) is 13.0 Å². The average molecular weight is 287 g/mol. The molecule has 7 nitrogen and oxygen atoms in total. The lowest BCUT2D eigenvalue weighted by Crippen LogP contribution is -2.47. The number of amides is 1. The van der Waals surface area contributed by atoms with Gasteiger partial charge in [-0.3, -0.25) is 9.59 Å². The highest BCUT2D eigenvalue weighted by atomic mass is 16.5. The van der Waals surface area contributed by atoms with Crippen LogP contribution in [0.1, 0.15) is 26.2 Å². The summed E-state index contributed by atoms with van der Waals surface area (Å²) in [6.07, 6.45) is 1.04. The Morgan fingerprint density at radius 1 is 1.25 bits per heavy atom. The third-order valence-corrected chi connectivity index (χ3v) is 3.22. The first-order valence-corrected chi connectivity index (χ1v) is 6.57. The minimum atomic E-state index is -0.884. The van der Waals surface area contributed by atoms with E-state index in [9.17, 15) is 14.4 Å². The zero-order valence-corrected chi connectivity index (χ0v) is 12.0. The number of rotatable bonds is 6. The summed E-state index contributed by atoms with van der Waals surface area (Å²) in [4.78, 5) is 35.0. The van der Waals surface area contributed by atoms with Crippen LogP contribution in [0.25, 0.3) is 0 Å². The lowest BCUT2D eigenvalue weighted by atomic mass is 10.0. The SMILES string of the molecule is COC(=O)[C@H](C)C[C@@H](NC(=O)[C@@H]1CCCO1)C(=O)OC. The fraction of sp³-hybridized carbons (Fsp3) is 0.769. The number of hydrogen-bond acceptors (Lipinski definition) is 6. The number of hydrogen-bond donors (Lipinski definition) is 1. The molecule has 0 aromatic heterocycles. The summed E-state index contributed by atoms with van der Waals surface area (Å²) in [7, 11) is 2.51. The molecule has 1 rings (SSSR count). The van der Waals surface area contributed by atoms with Crippen molar-refractivity contribution in [3.63, 3.8) is 0 Å². The standard InChI is InChI=1S/C13H21NO6/c1-8(12(16)18-2)7-9(13(17)19-3)14-11(15)10-5-4-6-20-10/h8-10H,4-7H2,1-3H3,(H,14,15)/t8-,9-,10+/m1/s1. The fourth-order valence-corrected chi connectivity index (χ4v) is 2.06. The molecule has 1 fully saturated rings. The number of nitrogens with one attached hydrogen (secondary N) is 1. The molecule has 1 N–H and O–H groups in total. The Morgan fingerprint density at radius 2 is 1.90 bits per heavy atom. The predicted molar refractivity (Wildman–Crippen MR) is 68.7 cm³/mol. The Labute approximate surface area is 117 Å². The molecule has 3 atom stereocenters. The molecule has 20 heavy (non-hydrogen) atoms. The molecule has 1 aliphatic rings. The van der Waals surface area contributed by atoms with Crippen LogP contribution < -0.4 is 5.32 Å². The van der Waals surface area contributed by atoms with Gasteiger partial charge in [-0.15, -0.1) is 0 Å². The van der Waals surface area contributed by atoms with Crippen LogP contribution in [0, 0.1) is 5.92 Å². The second kappa shape index (κ2) is 7.84. The van der Waals surface area contributed by atoms with Crippen LogP contribution in [0.2, 0.25) is 0 Å². The summed E-state index contributed by atoms with van der Waals surface area (Å²) < 4.78 is 14.5. The Kier molecular flexibility index (Phi) is 6.44. The lowest BCUT2D eigenvalue weighted by molar-refractivity contribution is -0.149. The summed E-state index contributed by atoms with van der Waals surface area (Å²) in [6.45, 7) is 2.17. The van der Waals surface area contributed by atoms with Crippen LogP contribution in [-0.4, -0.2) is 50.8 Å². The molecule has 7 heteroatoms. The maximum atomic E-state index is 11.9. The van der Waals surface area contributed by atoms with Gasteiger partial charge in [-0.05, 0) is 19.3 Å². The summed E-state index contributed by atoms with van der Waals surface area (Å²) in [5, 5.41) is 2.57. The van der Waals surface area contributed by atoms with Gasteiger partial charge < -0.3 is 19.5 Å². The molecule has 0 spiro atoms. The van der Waals surface area contributed by atoms with Gasteiger partial charge >= 0.3 is 11.9 Å². The highest BCUT2D eigenvalue weighted by molar-refractivity contribution is 5.87. The minimum absolute atomic E-state index is 0.123. The van der Waals surface area contributed by atoms with Crippen molar-refractivity contribution < 1.29 is 28.6 Å². The number of methoxy groups -OCH3 is 2. The smallest absolute Gasteiger partial charge is 0.328 e. The van der Waals surface area contributed by atoms with Crippen molar-refractivity contribution in [3.05, 3.63) is 0 Å². The molecule has 0 unspecified atom stereocenters. The van der Waals surface area contributed by atoms with Gasteiger partial charge in [-0.25, -0.2) is 4.79 Å². The first-order valence-electron chi connectivity index (χ1n) is 6.57. The van der Waals surface area contributed by atoms with Crippen molar-refractivity contribution in [1.29, 1.82) is 0 Å². The summed E-state index contributed by atoms with van der Waals surface area (Å²) in [6, 6.07) is -0.884. The van der Waals surface area contributed by atoms with E-state index in [-0.39, 0.29) is 12.3 Å². The van der Waals surface area contributed by atoms with Crippen molar-refractivity contribution in [2.45, 2.75) is 38.3 Å². The van der Waals surface area contributed by atoms with Crippen LogP contribution in [0.15, 0.2) is 0 Å². The number of esters is 2. The van der Waals surface area contributed by atoms with E-state index < -0.39 is 30.0 Å². The van der Waals surface area contributed by atoms with E-state index >= 15 is 0 Å². The van der Waals surface area contributed by atoms with Crippen molar-refractivity contribution >= 4 is 17.8 Å². The number of ether oxygens (including phenoxy) is 3. The van der Waals surface area contributed by atoms with Gasteiger partial charge in [0.25, 0.3) is 0 Å². The second-order valence-electron chi connectivity index (χ2n) is 4.75. The number of carbonyl (C=O) groups is 3. The molecule has 1 amide bonds. The summed E-state index contributed by atoms with van der Waals surface area (Å²) in [5.41, 5.74) is 0. The Morgan fingerprint density at radius 3 is 2.40 bits per heavy atom.